The molecular formula is C16H20FN3. The average Bonchev–Trinajstić information content (AvgIpc) is 3.07. The molecular weight excluding hydrogens is 253 g/mol. The van der Waals surface area contributed by atoms with Crippen molar-refractivity contribution in [2.45, 2.75) is 25.7 Å². The van der Waals surface area contributed by atoms with Gasteiger partial charge in [-0.2, -0.15) is 0 Å². The Morgan fingerprint density at radius 2 is 2.15 bits per heavy atom. The maximum absolute atomic E-state index is 12.8. The Bertz CT molecular complexity index is 561. The summed E-state index contributed by atoms with van der Waals surface area (Å²) in [5, 5.41) is 0. The second-order valence-electron chi connectivity index (χ2n) is 5.61. The van der Waals surface area contributed by atoms with Crippen molar-refractivity contribution in [1.29, 1.82) is 0 Å². The predicted molar refractivity (Wildman–Crippen MR) is 77.2 cm³/mol. The molecule has 0 aliphatic carbocycles. The van der Waals surface area contributed by atoms with E-state index in [1.807, 2.05) is 25.3 Å². The van der Waals surface area contributed by atoms with Crippen LogP contribution in [-0.2, 0) is 6.42 Å². The van der Waals surface area contributed by atoms with Gasteiger partial charge in [-0.25, -0.2) is 9.37 Å². The molecule has 1 saturated heterocycles. The number of nitrogens with zero attached hydrogens (tertiary/aromatic N) is 2. The Morgan fingerprint density at radius 3 is 2.85 bits per heavy atom. The summed E-state index contributed by atoms with van der Waals surface area (Å²) >= 11 is 0. The first-order chi connectivity index (χ1) is 9.70. The SMILES string of the molecule is Cc1cnc([C@H]2CCN(CCc3ccc(F)cc3)C2)[nH]1. The summed E-state index contributed by atoms with van der Waals surface area (Å²) in [5.74, 6) is 1.48. The molecule has 0 amide bonds. The fourth-order valence-corrected chi connectivity index (χ4v) is 2.84. The number of nitrogens with one attached hydrogen (secondary N) is 1. The largest absolute Gasteiger partial charge is 0.346 e. The number of aromatic amines is 1. The van der Waals surface area contributed by atoms with Gasteiger partial charge in [-0.05, 0) is 44.0 Å². The third kappa shape index (κ3) is 3.07. The van der Waals surface area contributed by atoms with Crippen LogP contribution in [0.15, 0.2) is 30.5 Å². The Hall–Kier alpha value is -1.68. The molecule has 1 aliphatic rings. The number of hydrogen-bond acceptors (Lipinski definition) is 2. The van der Waals surface area contributed by atoms with Gasteiger partial charge in [-0.1, -0.05) is 12.1 Å². The molecule has 1 fully saturated rings. The van der Waals surface area contributed by atoms with Crippen LogP contribution in [0.5, 0.6) is 0 Å². The summed E-state index contributed by atoms with van der Waals surface area (Å²) < 4.78 is 12.8. The van der Waals surface area contributed by atoms with Gasteiger partial charge in [0.1, 0.15) is 11.6 Å². The second kappa shape index (κ2) is 5.75. The Kier molecular flexibility index (Phi) is 3.83. The zero-order valence-electron chi connectivity index (χ0n) is 11.8. The van der Waals surface area contributed by atoms with Gasteiger partial charge < -0.3 is 9.88 Å². The Morgan fingerprint density at radius 1 is 1.35 bits per heavy atom. The lowest BCUT2D eigenvalue weighted by molar-refractivity contribution is 0.338. The van der Waals surface area contributed by atoms with Crippen molar-refractivity contribution < 1.29 is 4.39 Å². The van der Waals surface area contributed by atoms with Gasteiger partial charge in [-0.15, -0.1) is 0 Å². The van der Waals surface area contributed by atoms with Crippen LogP contribution in [0.2, 0.25) is 0 Å². The van der Waals surface area contributed by atoms with E-state index in [-0.39, 0.29) is 5.82 Å². The molecule has 3 rings (SSSR count). The van der Waals surface area contributed by atoms with E-state index in [1.54, 1.807) is 0 Å². The van der Waals surface area contributed by atoms with E-state index in [0.29, 0.717) is 5.92 Å². The van der Waals surface area contributed by atoms with Crippen molar-refractivity contribution in [3.8, 4) is 0 Å². The van der Waals surface area contributed by atoms with Crippen molar-refractivity contribution in [2.24, 2.45) is 0 Å². The summed E-state index contributed by atoms with van der Waals surface area (Å²) in [5.41, 5.74) is 2.33. The van der Waals surface area contributed by atoms with E-state index in [9.17, 15) is 4.39 Å². The highest BCUT2D eigenvalue weighted by molar-refractivity contribution is 5.16. The molecule has 1 aromatic carbocycles. The second-order valence-corrected chi connectivity index (χ2v) is 5.61. The van der Waals surface area contributed by atoms with E-state index in [4.69, 9.17) is 0 Å². The Balaban J connectivity index is 1.51. The van der Waals surface area contributed by atoms with Crippen LogP contribution in [0.4, 0.5) is 4.39 Å². The standard InChI is InChI=1S/C16H20FN3/c1-12-10-18-16(19-12)14-7-9-20(11-14)8-6-13-2-4-15(17)5-3-13/h2-5,10,14H,6-9,11H2,1H3,(H,18,19)/t14-/m0/s1. The van der Waals surface area contributed by atoms with Crippen LogP contribution in [0, 0.1) is 12.7 Å². The summed E-state index contributed by atoms with van der Waals surface area (Å²) in [6.07, 6.45) is 4.04. The number of imidazole rings is 1. The fraction of sp³-hybridized carbons (Fsp3) is 0.438. The molecule has 0 unspecified atom stereocenters. The number of halogens is 1. The molecule has 2 aromatic rings. The lowest BCUT2D eigenvalue weighted by Gasteiger charge is -2.15. The third-order valence-corrected chi connectivity index (χ3v) is 4.01. The van der Waals surface area contributed by atoms with Crippen LogP contribution in [-0.4, -0.2) is 34.5 Å². The maximum Gasteiger partial charge on any atom is 0.123 e. The van der Waals surface area contributed by atoms with Crippen LogP contribution in [0.3, 0.4) is 0 Å². The van der Waals surface area contributed by atoms with Crippen molar-refractivity contribution >= 4 is 0 Å². The van der Waals surface area contributed by atoms with Crippen molar-refractivity contribution in [1.82, 2.24) is 14.9 Å². The van der Waals surface area contributed by atoms with Crippen molar-refractivity contribution in [3.63, 3.8) is 0 Å². The lowest BCUT2D eigenvalue weighted by Crippen LogP contribution is -2.23. The van der Waals surface area contributed by atoms with E-state index in [2.05, 4.69) is 14.9 Å². The highest BCUT2D eigenvalue weighted by atomic mass is 19.1. The van der Waals surface area contributed by atoms with E-state index in [1.165, 1.54) is 17.7 Å². The van der Waals surface area contributed by atoms with Gasteiger partial charge in [0.05, 0.1) is 0 Å². The summed E-state index contributed by atoms with van der Waals surface area (Å²) in [6.45, 7) is 5.25. The number of benzene rings is 1. The maximum atomic E-state index is 12.8. The average molecular weight is 273 g/mol. The van der Waals surface area contributed by atoms with Crippen LogP contribution < -0.4 is 0 Å². The van der Waals surface area contributed by atoms with Gasteiger partial charge >= 0.3 is 0 Å². The minimum absolute atomic E-state index is 0.164. The molecule has 4 heteroatoms. The topological polar surface area (TPSA) is 31.9 Å². The molecule has 0 bridgehead atoms. The number of rotatable bonds is 4. The summed E-state index contributed by atoms with van der Waals surface area (Å²) in [7, 11) is 0. The Labute approximate surface area is 118 Å². The molecule has 1 aliphatic heterocycles. The summed E-state index contributed by atoms with van der Waals surface area (Å²) in [6, 6.07) is 6.82. The molecule has 106 valence electrons. The van der Waals surface area contributed by atoms with E-state index < -0.39 is 0 Å². The number of H-pyrrole nitrogens is 1. The van der Waals surface area contributed by atoms with E-state index in [0.717, 1.165) is 44.0 Å². The highest BCUT2D eigenvalue weighted by Gasteiger charge is 2.25. The number of aryl methyl sites for hydroxylation is 1. The molecule has 2 heterocycles. The van der Waals surface area contributed by atoms with Crippen LogP contribution >= 0.6 is 0 Å². The lowest BCUT2D eigenvalue weighted by atomic mass is 10.1. The normalized spacial score (nSPS) is 19.6. The van der Waals surface area contributed by atoms with Gasteiger partial charge in [0.25, 0.3) is 0 Å². The molecule has 3 nitrogen and oxygen atoms in total. The smallest absolute Gasteiger partial charge is 0.123 e. The first-order valence-electron chi connectivity index (χ1n) is 7.19. The van der Waals surface area contributed by atoms with Gasteiger partial charge in [-0.3, -0.25) is 0 Å². The van der Waals surface area contributed by atoms with Crippen molar-refractivity contribution in [3.05, 3.63) is 53.4 Å². The van der Waals surface area contributed by atoms with E-state index >= 15 is 0 Å². The molecule has 1 atom stereocenters. The highest BCUT2D eigenvalue weighted by Crippen LogP contribution is 2.25. The molecule has 0 radical (unpaired) electrons. The quantitative estimate of drug-likeness (QED) is 0.929. The van der Waals surface area contributed by atoms with Crippen molar-refractivity contribution in [2.75, 3.05) is 19.6 Å². The molecule has 1 N–H and O–H groups in total. The fourth-order valence-electron chi connectivity index (χ4n) is 2.84. The van der Waals surface area contributed by atoms with Crippen LogP contribution in [0.25, 0.3) is 0 Å². The van der Waals surface area contributed by atoms with Gasteiger partial charge in [0.2, 0.25) is 0 Å². The monoisotopic (exact) mass is 273 g/mol. The first-order valence-corrected chi connectivity index (χ1v) is 7.19. The predicted octanol–water partition coefficient (Wildman–Crippen LogP) is 2.89. The summed E-state index contributed by atoms with van der Waals surface area (Å²) in [4.78, 5) is 10.2. The number of hydrogen-bond donors (Lipinski definition) is 1. The number of aromatic nitrogens is 2. The molecule has 1 aromatic heterocycles. The minimum atomic E-state index is -0.164. The zero-order chi connectivity index (χ0) is 13.9. The van der Waals surface area contributed by atoms with Crippen LogP contribution in [0.1, 0.15) is 29.4 Å². The molecule has 20 heavy (non-hydrogen) atoms. The zero-order valence-corrected chi connectivity index (χ0v) is 11.8. The molecule has 0 saturated carbocycles. The number of likely N-dealkylation sites (tertiary alicyclic amines) is 1. The van der Waals surface area contributed by atoms with Gasteiger partial charge in [0.15, 0.2) is 0 Å². The minimum Gasteiger partial charge on any atom is -0.346 e. The third-order valence-electron chi connectivity index (χ3n) is 4.01. The first kappa shape index (κ1) is 13.3. The molecule has 0 spiro atoms. The van der Waals surface area contributed by atoms with Gasteiger partial charge in [0, 0.05) is 30.9 Å².